The number of amides is 2. The number of methoxy groups -OCH3 is 1. The number of hydrogen-bond donors (Lipinski definition) is 2. The summed E-state index contributed by atoms with van der Waals surface area (Å²) in [6.45, 7) is -0.0668. The van der Waals surface area contributed by atoms with Gasteiger partial charge in [-0.15, -0.1) is 0 Å². The highest BCUT2D eigenvalue weighted by Gasteiger charge is 2.19. The van der Waals surface area contributed by atoms with Crippen molar-refractivity contribution in [3.8, 4) is 11.5 Å². The van der Waals surface area contributed by atoms with Gasteiger partial charge in [0, 0.05) is 12.6 Å². The van der Waals surface area contributed by atoms with Crippen molar-refractivity contribution < 1.29 is 19.1 Å². The molecular weight excluding hydrogens is 336 g/mol. The Balaban J connectivity index is 1.64. The van der Waals surface area contributed by atoms with Crippen LogP contribution in [0.2, 0.25) is 0 Å². The molecule has 2 heterocycles. The number of aromatic nitrogens is 2. The minimum absolute atomic E-state index is 0.0668. The maximum absolute atomic E-state index is 12.6. The van der Waals surface area contributed by atoms with Crippen LogP contribution in [0.5, 0.6) is 11.5 Å². The van der Waals surface area contributed by atoms with Crippen LogP contribution >= 0.6 is 0 Å². The Hall–Kier alpha value is -3.55. The van der Waals surface area contributed by atoms with E-state index < -0.39 is 0 Å². The monoisotopic (exact) mass is 352 g/mol. The van der Waals surface area contributed by atoms with Gasteiger partial charge in [-0.05, 0) is 30.3 Å². The van der Waals surface area contributed by atoms with Gasteiger partial charge >= 0.3 is 0 Å². The molecule has 0 fully saturated rings. The first-order valence-corrected chi connectivity index (χ1v) is 7.94. The number of imidazole rings is 1. The highest BCUT2D eigenvalue weighted by molar-refractivity contribution is 6.05. The Morgan fingerprint density at radius 2 is 2.19 bits per heavy atom. The van der Waals surface area contributed by atoms with Crippen molar-refractivity contribution in [2.45, 2.75) is 0 Å². The number of fused-ring (bicyclic) bond motifs is 2. The molecule has 0 saturated heterocycles. The van der Waals surface area contributed by atoms with Crippen LogP contribution in [0.1, 0.15) is 10.4 Å². The number of anilines is 2. The number of carbonyl (C=O) groups excluding carboxylic acids is 2. The molecule has 1 aliphatic rings. The second-order valence-electron chi connectivity index (χ2n) is 5.82. The summed E-state index contributed by atoms with van der Waals surface area (Å²) >= 11 is 0. The summed E-state index contributed by atoms with van der Waals surface area (Å²) in [4.78, 5) is 28.4. The van der Waals surface area contributed by atoms with E-state index >= 15 is 0 Å². The maximum atomic E-state index is 12.6. The van der Waals surface area contributed by atoms with Crippen LogP contribution in [0.3, 0.4) is 0 Å². The molecular formula is C18H16N4O4. The molecule has 2 aromatic carbocycles. The number of aryl methyl sites for hydroxylation is 1. The summed E-state index contributed by atoms with van der Waals surface area (Å²) in [6.07, 6.45) is 0. The average molecular weight is 352 g/mol. The molecule has 1 aliphatic heterocycles. The highest BCUT2D eigenvalue weighted by Crippen LogP contribution is 2.30. The van der Waals surface area contributed by atoms with Crippen molar-refractivity contribution in [3.63, 3.8) is 0 Å². The van der Waals surface area contributed by atoms with Crippen LogP contribution in [-0.4, -0.2) is 35.1 Å². The van der Waals surface area contributed by atoms with Crippen LogP contribution in [0.15, 0.2) is 36.4 Å². The van der Waals surface area contributed by atoms with E-state index in [1.807, 2.05) is 25.2 Å². The first kappa shape index (κ1) is 15.9. The van der Waals surface area contributed by atoms with Crippen molar-refractivity contribution in [1.29, 1.82) is 0 Å². The van der Waals surface area contributed by atoms with Gasteiger partial charge in [-0.3, -0.25) is 14.9 Å². The van der Waals surface area contributed by atoms with Gasteiger partial charge in [0.15, 0.2) is 6.61 Å². The van der Waals surface area contributed by atoms with Crippen molar-refractivity contribution in [2.75, 3.05) is 24.4 Å². The summed E-state index contributed by atoms with van der Waals surface area (Å²) < 4.78 is 12.4. The fraction of sp³-hybridized carbons (Fsp3) is 0.167. The zero-order valence-electron chi connectivity index (χ0n) is 14.2. The number of carbonyl (C=O) groups is 2. The molecule has 0 atom stereocenters. The van der Waals surface area contributed by atoms with Crippen LogP contribution in [0.4, 0.5) is 11.6 Å². The highest BCUT2D eigenvalue weighted by atomic mass is 16.5. The van der Waals surface area contributed by atoms with Gasteiger partial charge in [-0.25, -0.2) is 4.98 Å². The first-order valence-electron chi connectivity index (χ1n) is 7.94. The first-order chi connectivity index (χ1) is 12.6. The van der Waals surface area contributed by atoms with E-state index in [4.69, 9.17) is 9.47 Å². The molecule has 1 aromatic heterocycles. The second kappa shape index (κ2) is 6.07. The van der Waals surface area contributed by atoms with Crippen LogP contribution in [0, 0.1) is 0 Å². The van der Waals surface area contributed by atoms with Crippen LogP contribution < -0.4 is 20.1 Å². The Kier molecular flexibility index (Phi) is 3.72. The summed E-state index contributed by atoms with van der Waals surface area (Å²) in [5.41, 5.74) is 2.46. The standard InChI is InChI=1S/C18H16N4O4/c1-22-12-4-3-5-13(25-2)16(12)20-18(22)21-17(24)10-6-7-11-14(8-10)26-9-15(23)19-11/h3-8H,9H2,1-2H3,(H,19,23)(H,20,21,24). The number of ether oxygens (including phenoxy) is 2. The third-order valence-electron chi connectivity index (χ3n) is 4.20. The quantitative estimate of drug-likeness (QED) is 0.753. The third-order valence-corrected chi connectivity index (χ3v) is 4.20. The molecule has 3 aromatic rings. The topological polar surface area (TPSA) is 94.5 Å². The van der Waals surface area contributed by atoms with Crippen molar-refractivity contribution in [1.82, 2.24) is 9.55 Å². The lowest BCUT2D eigenvalue weighted by Crippen LogP contribution is -2.25. The molecule has 2 amide bonds. The minimum atomic E-state index is -0.328. The zero-order chi connectivity index (χ0) is 18.3. The van der Waals surface area contributed by atoms with E-state index in [2.05, 4.69) is 15.6 Å². The number of nitrogens with zero attached hydrogens (tertiary/aromatic N) is 2. The van der Waals surface area contributed by atoms with Gasteiger partial charge in [-0.2, -0.15) is 0 Å². The number of hydrogen-bond acceptors (Lipinski definition) is 5. The van der Waals surface area contributed by atoms with Crippen molar-refractivity contribution in [2.24, 2.45) is 7.05 Å². The van der Waals surface area contributed by atoms with Gasteiger partial charge in [0.05, 0.1) is 18.3 Å². The smallest absolute Gasteiger partial charge is 0.262 e. The molecule has 8 nitrogen and oxygen atoms in total. The Labute approximate surface area is 148 Å². The largest absolute Gasteiger partial charge is 0.494 e. The molecule has 0 unspecified atom stereocenters. The Morgan fingerprint density at radius 3 is 3.00 bits per heavy atom. The van der Waals surface area contributed by atoms with E-state index in [1.165, 1.54) is 0 Å². The molecule has 0 radical (unpaired) electrons. The lowest BCUT2D eigenvalue weighted by Gasteiger charge is -2.18. The molecule has 0 saturated carbocycles. The van der Waals surface area contributed by atoms with Crippen LogP contribution in [0.25, 0.3) is 11.0 Å². The Bertz CT molecular complexity index is 1040. The average Bonchev–Trinajstić information content (AvgIpc) is 2.97. The number of rotatable bonds is 3. The molecule has 26 heavy (non-hydrogen) atoms. The molecule has 4 rings (SSSR count). The molecule has 0 aliphatic carbocycles. The van der Waals surface area contributed by atoms with E-state index in [0.717, 1.165) is 5.52 Å². The number of benzene rings is 2. The lowest BCUT2D eigenvalue weighted by atomic mass is 10.1. The van der Waals surface area contributed by atoms with Gasteiger partial charge in [0.25, 0.3) is 11.8 Å². The van der Waals surface area contributed by atoms with E-state index in [1.54, 1.807) is 29.9 Å². The van der Waals surface area contributed by atoms with Crippen LogP contribution in [-0.2, 0) is 11.8 Å². The molecule has 2 N–H and O–H groups in total. The maximum Gasteiger partial charge on any atom is 0.262 e. The van der Waals surface area contributed by atoms with Gasteiger partial charge in [-0.1, -0.05) is 6.07 Å². The number of para-hydroxylation sites is 1. The van der Waals surface area contributed by atoms with Gasteiger partial charge < -0.3 is 19.4 Å². The summed E-state index contributed by atoms with van der Waals surface area (Å²) in [6, 6.07) is 10.4. The summed E-state index contributed by atoms with van der Waals surface area (Å²) in [7, 11) is 3.39. The second-order valence-corrected chi connectivity index (χ2v) is 5.82. The molecule has 0 bridgehead atoms. The molecule has 0 spiro atoms. The molecule has 8 heteroatoms. The van der Waals surface area contributed by atoms with Gasteiger partial charge in [0.1, 0.15) is 17.0 Å². The fourth-order valence-corrected chi connectivity index (χ4v) is 2.85. The Morgan fingerprint density at radius 1 is 1.35 bits per heavy atom. The molecule has 132 valence electrons. The predicted octanol–water partition coefficient (Wildman–Crippen LogP) is 2.17. The normalized spacial score (nSPS) is 12.9. The van der Waals surface area contributed by atoms with E-state index in [9.17, 15) is 9.59 Å². The SMILES string of the molecule is COc1cccc2c1nc(NC(=O)c1ccc3c(c1)OCC(=O)N3)n2C. The zero-order valence-corrected chi connectivity index (χ0v) is 14.2. The predicted molar refractivity (Wildman–Crippen MR) is 95.8 cm³/mol. The van der Waals surface area contributed by atoms with Gasteiger partial charge in [0.2, 0.25) is 5.95 Å². The summed E-state index contributed by atoms with van der Waals surface area (Å²) in [5, 5.41) is 5.49. The van der Waals surface area contributed by atoms with Crippen molar-refractivity contribution in [3.05, 3.63) is 42.0 Å². The summed E-state index contributed by atoms with van der Waals surface area (Å²) in [5.74, 6) is 0.955. The number of nitrogens with one attached hydrogen (secondary N) is 2. The van der Waals surface area contributed by atoms with Crippen molar-refractivity contribution >= 4 is 34.5 Å². The lowest BCUT2D eigenvalue weighted by molar-refractivity contribution is -0.118. The van der Waals surface area contributed by atoms with E-state index in [-0.39, 0.29) is 18.4 Å². The minimum Gasteiger partial charge on any atom is -0.494 e. The fourth-order valence-electron chi connectivity index (χ4n) is 2.85. The third kappa shape index (κ3) is 2.61. The van der Waals surface area contributed by atoms with E-state index in [0.29, 0.717) is 34.2 Å².